The van der Waals surface area contributed by atoms with E-state index < -0.39 is 0 Å². The van der Waals surface area contributed by atoms with E-state index >= 15 is 0 Å². The van der Waals surface area contributed by atoms with Gasteiger partial charge in [0.05, 0.1) is 15.7 Å². The maximum atomic E-state index is 12.3. The van der Waals surface area contributed by atoms with Crippen LogP contribution in [-0.2, 0) is 0 Å². The van der Waals surface area contributed by atoms with Gasteiger partial charge in [0.25, 0.3) is 11.8 Å². The Balaban J connectivity index is 1.69. The third-order valence-corrected chi connectivity index (χ3v) is 4.30. The van der Waals surface area contributed by atoms with E-state index in [-0.39, 0.29) is 16.8 Å². The van der Waals surface area contributed by atoms with E-state index in [0.717, 1.165) is 0 Å². The predicted molar refractivity (Wildman–Crippen MR) is 100 cm³/mol. The highest BCUT2D eigenvalue weighted by molar-refractivity contribution is 6.44. The van der Waals surface area contributed by atoms with Crippen LogP contribution in [0.3, 0.4) is 0 Å². The first-order chi connectivity index (χ1) is 12.4. The first kappa shape index (κ1) is 18.0. The third kappa shape index (κ3) is 4.04. The Morgan fingerprint density at radius 3 is 2.15 bits per heavy atom. The molecule has 8 heteroatoms. The Hall–Kier alpha value is -2.83. The molecule has 2 amide bonds. The van der Waals surface area contributed by atoms with Gasteiger partial charge >= 0.3 is 0 Å². The van der Waals surface area contributed by atoms with Gasteiger partial charge in [-0.3, -0.25) is 9.59 Å². The highest BCUT2D eigenvalue weighted by Crippen LogP contribution is 2.29. The molecule has 3 rings (SSSR count). The monoisotopic (exact) mass is 389 g/mol. The van der Waals surface area contributed by atoms with Crippen molar-refractivity contribution in [3.05, 3.63) is 75.5 Å². The molecular weight excluding hydrogens is 377 g/mol. The summed E-state index contributed by atoms with van der Waals surface area (Å²) in [6.07, 6.45) is 0. The van der Waals surface area contributed by atoms with Crippen LogP contribution in [0.2, 0.25) is 10.0 Å². The third-order valence-electron chi connectivity index (χ3n) is 3.48. The van der Waals surface area contributed by atoms with Gasteiger partial charge in [-0.25, -0.2) is 0 Å². The number of halogens is 2. The van der Waals surface area contributed by atoms with Crippen molar-refractivity contribution in [1.82, 2.24) is 5.16 Å². The van der Waals surface area contributed by atoms with Crippen LogP contribution in [0.4, 0.5) is 11.5 Å². The van der Waals surface area contributed by atoms with Crippen LogP contribution in [-0.4, -0.2) is 17.0 Å². The molecule has 2 N–H and O–H groups in total. The van der Waals surface area contributed by atoms with Gasteiger partial charge in [0, 0.05) is 17.2 Å². The van der Waals surface area contributed by atoms with Crippen molar-refractivity contribution >= 4 is 46.5 Å². The molecule has 0 aliphatic heterocycles. The molecule has 3 aromatic rings. The second kappa shape index (κ2) is 7.59. The molecule has 0 fully saturated rings. The van der Waals surface area contributed by atoms with Crippen molar-refractivity contribution in [2.45, 2.75) is 6.92 Å². The number of benzene rings is 2. The summed E-state index contributed by atoms with van der Waals surface area (Å²) in [6.45, 7) is 1.72. The molecule has 26 heavy (non-hydrogen) atoms. The average molecular weight is 390 g/mol. The summed E-state index contributed by atoms with van der Waals surface area (Å²) in [5.41, 5.74) is 1.16. The molecule has 0 spiro atoms. The van der Waals surface area contributed by atoms with Gasteiger partial charge in [0.15, 0.2) is 5.82 Å². The van der Waals surface area contributed by atoms with E-state index in [0.29, 0.717) is 33.4 Å². The SMILES string of the molecule is Cc1cc(NC(=O)c2ccc(C(=O)Nc3cccc(Cl)c3Cl)cc2)no1. The van der Waals surface area contributed by atoms with Crippen LogP contribution < -0.4 is 10.6 Å². The van der Waals surface area contributed by atoms with Gasteiger partial charge in [-0.15, -0.1) is 0 Å². The Kier molecular flexibility index (Phi) is 5.25. The molecular formula is C18H13Cl2N3O3. The minimum Gasteiger partial charge on any atom is -0.360 e. The van der Waals surface area contributed by atoms with Crippen LogP contribution in [0.5, 0.6) is 0 Å². The van der Waals surface area contributed by atoms with E-state index in [9.17, 15) is 9.59 Å². The van der Waals surface area contributed by atoms with Crippen molar-refractivity contribution in [2.75, 3.05) is 10.6 Å². The lowest BCUT2D eigenvalue weighted by Crippen LogP contribution is -2.14. The van der Waals surface area contributed by atoms with E-state index in [2.05, 4.69) is 15.8 Å². The first-order valence-electron chi connectivity index (χ1n) is 7.54. The molecule has 0 atom stereocenters. The maximum absolute atomic E-state index is 12.3. The quantitative estimate of drug-likeness (QED) is 0.671. The molecule has 0 aliphatic carbocycles. The van der Waals surface area contributed by atoms with Gasteiger partial charge in [-0.1, -0.05) is 34.4 Å². The molecule has 0 aliphatic rings. The lowest BCUT2D eigenvalue weighted by Gasteiger charge is -2.08. The fraction of sp³-hybridized carbons (Fsp3) is 0.0556. The molecule has 0 saturated heterocycles. The van der Waals surface area contributed by atoms with Crippen LogP contribution in [0.15, 0.2) is 53.1 Å². The van der Waals surface area contributed by atoms with E-state index in [1.165, 1.54) is 24.3 Å². The second-order valence-electron chi connectivity index (χ2n) is 5.41. The fourth-order valence-electron chi connectivity index (χ4n) is 2.18. The smallest absolute Gasteiger partial charge is 0.256 e. The number of anilines is 2. The van der Waals surface area contributed by atoms with Crippen LogP contribution in [0, 0.1) is 6.92 Å². The van der Waals surface area contributed by atoms with Crippen molar-refractivity contribution in [3.63, 3.8) is 0 Å². The molecule has 0 unspecified atom stereocenters. The van der Waals surface area contributed by atoms with E-state index in [1.54, 1.807) is 31.2 Å². The zero-order valence-electron chi connectivity index (χ0n) is 13.5. The number of rotatable bonds is 4. The summed E-state index contributed by atoms with van der Waals surface area (Å²) in [4.78, 5) is 24.5. The molecule has 0 radical (unpaired) electrons. The summed E-state index contributed by atoms with van der Waals surface area (Å²) in [6, 6.07) is 12.7. The van der Waals surface area contributed by atoms with Gasteiger partial charge in [-0.2, -0.15) is 0 Å². The number of nitrogens with one attached hydrogen (secondary N) is 2. The number of aryl methyl sites for hydroxylation is 1. The van der Waals surface area contributed by atoms with Crippen LogP contribution >= 0.6 is 23.2 Å². The number of aromatic nitrogens is 1. The molecule has 2 aromatic carbocycles. The number of hydrogen-bond donors (Lipinski definition) is 2. The zero-order valence-corrected chi connectivity index (χ0v) is 15.1. The second-order valence-corrected chi connectivity index (χ2v) is 6.19. The zero-order chi connectivity index (χ0) is 18.7. The number of hydrogen-bond acceptors (Lipinski definition) is 4. The molecule has 1 heterocycles. The Labute approximate surface area is 159 Å². The number of carbonyl (C=O) groups is 2. The number of carbonyl (C=O) groups excluding carboxylic acids is 2. The Bertz CT molecular complexity index is 968. The van der Waals surface area contributed by atoms with E-state index in [1.807, 2.05) is 0 Å². The highest BCUT2D eigenvalue weighted by Gasteiger charge is 2.13. The maximum Gasteiger partial charge on any atom is 0.256 e. The molecule has 132 valence electrons. The van der Waals surface area contributed by atoms with Gasteiger partial charge in [0.2, 0.25) is 0 Å². The van der Waals surface area contributed by atoms with Gasteiger partial charge in [-0.05, 0) is 43.3 Å². The molecule has 0 saturated carbocycles. The predicted octanol–water partition coefficient (Wildman–Crippen LogP) is 4.79. The minimum absolute atomic E-state index is 0.265. The normalized spacial score (nSPS) is 10.4. The highest BCUT2D eigenvalue weighted by atomic mass is 35.5. The fourth-order valence-corrected chi connectivity index (χ4v) is 2.53. The van der Waals surface area contributed by atoms with Crippen molar-refractivity contribution < 1.29 is 14.1 Å². The van der Waals surface area contributed by atoms with E-state index in [4.69, 9.17) is 27.7 Å². The summed E-state index contributed by atoms with van der Waals surface area (Å²) in [5, 5.41) is 9.59. The Morgan fingerprint density at radius 1 is 0.962 bits per heavy atom. The van der Waals surface area contributed by atoms with Crippen molar-refractivity contribution in [3.8, 4) is 0 Å². The lowest BCUT2D eigenvalue weighted by molar-refractivity contribution is 0.101. The molecule has 1 aromatic heterocycles. The lowest BCUT2D eigenvalue weighted by atomic mass is 10.1. The van der Waals surface area contributed by atoms with Crippen molar-refractivity contribution in [2.24, 2.45) is 0 Å². The first-order valence-corrected chi connectivity index (χ1v) is 8.30. The van der Waals surface area contributed by atoms with Crippen molar-refractivity contribution in [1.29, 1.82) is 0 Å². The topological polar surface area (TPSA) is 84.2 Å². The minimum atomic E-state index is -0.367. The molecule has 6 nitrogen and oxygen atoms in total. The summed E-state index contributed by atoms with van der Waals surface area (Å²) >= 11 is 12.0. The summed E-state index contributed by atoms with van der Waals surface area (Å²) in [7, 11) is 0. The summed E-state index contributed by atoms with van der Waals surface area (Å²) < 4.78 is 4.89. The van der Waals surface area contributed by atoms with Gasteiger partial charge < -0.3 is 15.2 Å². The largest absolute Gasteiger partial charge is 0.360 e. The van der Waals surface area contributed by atoms with Crippen LogP contribution in [0.1, 0.15) is 26.5 Å². The molecule has 0 bridgehead atoms. The standard InChI is InChI=1S/C18H13Cl2N3O3/c1-10-9-15(23-26-10)22-18(25)12-7-5-11(6-8-12)17(24)21-14-4-2-3-13(19)16(14)20/h2-9H,1H3,(H,21,24)(H,22,23,25). The van der Waals surface area contributed by atoms with Crippen LogP contribution in [0.25, 0.3) is 0 Å². The number of nitrogens with zero attached hydrogens (tertiary/aromatic N) is 1. The summed E-state index contributed by atoms with van der Waals surface area (Å²) in [5.74, 6) is 0.188. The Morgan fingerprint density at radius 2 is 1.58 bits per heavy atom. The number of amides is 2. The van der Waals surface area contributed by atoms with Gasteiger partial charge in [0.1, 0.15) is 5.76 Å². The average Bonchev–Trinajstić information content (AvgIpc) is 3.04.